The lowest BCUT2D eigenvalue weighted by Crippen LogP contribution is -2.53. The number of para-hydroxylation sites is 1. The predicted octanol–water partition coefficient (Wildman–Crippen LogP) is 4.75. The molecule has 1 saturated heterocycles. The van der Waals surface area contributed by atoms with E-state index in [-0.39, 0.29) is 11.9 Å². The topological polar surface area (TPSA) is 83.7 Å². The molecule has 0 unspecified atom stereocenters. The number of thiophene rings is 1. The summed E-state index contributed by atoms with van der Waals surface area (Å²) in [6.45, 7) is 5.08. The number of furan rings is 1. The molecule has 3 aromatic heterocycles. The van der Waals surface area contributed by atoms with Crippen LogP contribution in [0, 0.1) is 0 Å². The van der Waals surface area contributed by atoms with Crippen LogP contribution in [0.2, 0.25) is 0 Å². The Kier molecular flexibility index (Phi) is 5.50. The van der Waals surface area contributed by atoms with Crippen molar-refractivity contribution < 1.29 is 13.9 Å². The van der Waals surface area contributed by atoms with Crippen LogP contribution >= 0.6 is 11.3 Å². The fourth-order valence-corrected chi connectivity index (χ4v) is 5.50. The second kappa shape index (κ2) is 8.83. The number of hydrogen-bond acceptors (Lipinski definition) is 8. The van der Waals surface area contributed by atoms with E-state index in [0.29, 0.717) is 17.0 Å². The standard InChI is InChI=1S/C26H25N5O3S/c1-16(30-8-10-31(11-9-30)24-18-7-12-35-26(18)28-15-27-24)25(32)29-20-14-22-19(13-23(20)33-2)17-5-3-4-6-21(17)34-22/h3-7,12-16H,8-11H2,1-2H3,(H,29,32)/t16-/m0/s1. The molecule has 8 nitrogen and oxygen atoms in total. The number of aromatic nitrogens is 2. The highest BCUT2D eigenvalue weighted by Gasteiger charge is 2.27. The Morgan fingerprint density at radius 1 is 1.06 bits per heavy atom. The van der Waals surface area contributed by atoms with Crippen LogP contribution in [0.25, 0.3) is 32.2 Å². The van der Waals surface area contributed by atoms with Crippen molar-refractivity contribution in [3.05, 3.63) is 54.2 Å². The molecule has 0 aliphatic carbocycles. The monoisotopic (exact) mass is 487 g/mol. The maximum Gasteiger partial charge on any atom is 0.241 e. The fraction of sp³-hybridized carbons (Fsp3) is 0.269. The van der Waals surface area contributed by atoms with Gasteiger partial charge in [-0.3, -0.25) is 9.69 Å². The van der Waals surface area contributed by atoms with E-state index in [0.717, 1.165) is 58.6 Å². The molecule has 0 radical (unpaired) electrons. The third kappa shape index (κ3) is 3.86. The minimum atomic E-state index is -0.292. The zero-order valence-electron chi connectivity index (χ0n) is 19.5. The molecule has 2 aromatic carbocycles. The maximum atomic E-state index is 13.2. The van der Waals surface area contributed by atoms with Gasteiger partial charge in [-0.25, -0.2) is 9.97 Å². The van der Waals surface area contributed by atoms with Crippen molar-refractivity contribution in [3.8, 4) is 5.75 Å². The lowest BCUT2D eigenvalue weighted by molar-refractivity contribution is -0.120. The molecule has 0 saturated carbocycles. The summed E-state index contributed by atoms with van der Waals surface area (Å²) in [5.41, 5.74) is 2.13. The molecular weight excluding hydrogens is 462 g/mol. The molecule has 9 heteroatoms. The third-order valence-electron chi connectivity index (χ3n) is 6.74. The highest BCUT2D eigenvalue weighted by molar-refractivity contribution is 7.16. The molecule has 6 rings (SSSR count). The number of hydrogen-bond donors (Lipinski definition) is 1. The number of rotatable bonds is 5. The number of carbonyl (C=O) groups excluding carboxylic acids is 1. The highest BCUT2D eigenvalue weighted by Crippen LogP contribution is 2.36. The summed E-state index contributed by atoms with van der Waals surface area (Å²) in [4.78, 5) is 27.6. The van der Waals surface area contributed by atoms with Gasteiger partial charge in [-0.2, -0.15) is 0 Å². The van der Waals surface area contributed by atoms with Crippen molar-refractivity contribution in [2.75, 3.05) is 43.5 Å². The molecule has 1 aliphatic rings. The average molecular weight is 488 g/mol. The van der Waals surface area contributed by atoms with Gasteiger partial charge in [-0.05, 0) is 30.5 Å². The number of ether oxygens (including phenoxy) is 1. The Morgan fingerprint density at radius 2 is 1.89 bits per heavy atom. The van der Waals surface area contributed by atoms with Crippen molar-refractivity contribution in [2.45, 2.75) is 13.0 Å². The van der Waals surface area contributed by atoms with Gasteiger partial charge < -0.3 is 19.4 Å². The zero-order chi connectivity index (χ0) is 23.9. The lowest BCUT2D eigenvalue weighted by atomic mass is 10.1. The van der Waals surface area contributed by atoms with E-state index in [1.807, 2.05) is 48.7 Å². The van der Waals surface area contributed by atoms with Gasteiger partial charge in [0.25, 0.3) is 0 Å². The van der Waals surface area contributed by atoms with E-state index in [9.17, 15) is 4.79 Å². The van der Waals surface area contributed by atoms with E-state index < -0.39 is 0 Å². The summed E-state index contributed by atoms with van der Waals surface area (Å²) >= 11 is 1.62. The molecule has 1 amide bonds. The number of nitrogens with one attached hydrogen (secondary N) is 1. The first-order valence-corrected chi connectivity index (χ1v) is 12.5. The van der Waals surface area contributed by atoms with Crippen LogP contribution in [-0.2, 0) is 4.79 Å². The number of methoxy groups -OCH3 is 1. The van der Waals surface area contributed by atoms with Crippen molar-refractivity contribution in [2.24, 2.45) is 0 Å². The van der Waals surface area contributed by atoms with Crippen LogP contribution in [-0.4, -0.2) is 60.1 Å². The smallest absolute Gasteiger partial charge is 0.241 e. The van der Waals surface area contributed by atoms with Crippen LogP contribution in [0.3, 0.4) is 0 Å². The van der Waals surface area contributed by atoms with E-state index >= 15 is 0 Å². The second-order valence-corrected chi connectivity index (χ2v) is 9.57. The van der Waals surface area contributed by atoms with Gasteiger partial charge in [0, 0.05) is 43.0 Å². The molecule has 5 aromatic rings. The average Bonchev–Trinajstić information content (AvgIpc) is 3.52. The Bertz CT molecular complexity index is 1540. The minimum Gasteiger partial charge on any atom is -0.495 e. The number of anilines is 2. The Hall–Kier alpha value is -3.69. The highest BCUT2D eigenvalue weighted by atomic mass is 32.1. The van der Waals surface area contributed by atoms with Crippen molar-refractivity contribution in [1.82, 2.24) is 14.9 Å². The van der Waals surface area contributed by atoms with E-state index in [4.69, 9.17) is 9.15 Å². The third-order valence-corrected chi connectivity index (χ3v) is 7.56. The molecule has 0 bridgehead atoms. The van der Waals surface area contributed by atoms with Gasteiger partial charge in [0.05, 0.1) is 24.2 Å². The summed E-state index contributed by atoms with van der Waals surface area (Å²) in [5.74, 6) is 1.50. The Morgan fingerprint density at radius 3 is 2.71 bits per heavy atom. The van der Waals surface area contributed by atoms with E-state index in [2.05, 4.69) is 31.2 Å². The lowest BCUT2D eigenvalue weighted by Gasteiger charge is -2.38. The summed E-state index contributed by atoms with van der Waals surface area (Å²) < 4.78 is 11.6. The van der Waals surface area contributed by atoms with Crippen molar-refractivity contribution in [3.63, 3.8) is 0 Å². The summed E-state index contributed by atoms with van der Waals surface area (Å²) in [6, 6.07) is 13.4. The van der Waals surface area contributed by atoms with Gasteiger partial charge in [0.1, 0.15) is 33.9 Å². The first kappa shape index (κ1) is 21.8. The van der Waals surface area contributed by atoms with Crippen LogP contribution < -0.4 is 15.0 Å². The molecular formula is C26H25N5O3S. The van der Waals surface area contributed by atoms with Crippen molar-refractivity contribution >= 4 is 60.9 Å². The quantitative estimate of drug-likeness (QED) is 0.383. The number of fused-ring (bicyclic) bond motifs is 4. The minimum absolute atomic E-state index is 0.0746. The molecule has 4 heterocycles. The maximum absolute atomic E-state index is 13.2. The predicted molar refractivity (Wildman–Crippen MR) is 140 cm³/mol. The van der Waals surface area contributed by atoms with Crippen LogP contribution in [0.15, 0.2) is 58.6 Å². The SMILES string of the molecule is COc1cc2c(cc1NC(=O)[C@H](C)N1CCN(c3ncnc4sccc34)CC1)oc1ccccc12. The summed E-state index contributed by atoms with van der Waals surface area (Å²) in [6.07, 6.45) is 1.63. The normalized spacial score (nSPS) is 15.7. The number of carbonyl (C=O) groups is 1. The van der Waals surface area contributed by atoms with Gasteiger partial charge in [-0.1, -0.05) is 18.2 Å². The van der Waals surface area contributed by atoms with Crippen molar-refractivity contribution in [1.29, 1.82) is 0 Å². The summed E-state index contributed by atoms with van der Waals surface area (Å²) in [5, 5.41) is 8.18. The van der Waals surface area contributed by atoms with Gasteiger partial charge >= 0.3 is 0 Å². The molecule has 1 atom stereocenters. The van der Waals surface area contributed by atoms with Crippen LogP contribution in [0.5, 0.6) is 5.75 Å². The second-order valence-electron chi connectivity index (χ2n) is 8.67. The largest absolute Gasteiger partial charge is 0.495 e. The Balaban J connectivity index is 1.17. The number of piperazine rings is 1. The number of nitrogens with zero attached hydrogens (tertiary/aromatic N) is 4. The molecule has 1 aliphatic heterocycles. The number of amides is 1. The fourth-order valence-electron chi connectivity index (χ4n) is 4.77. The van der Waals surface area contributed by atoms with Gasteiger partial charge in [0.2, 0.25) is 5.91 Å². The van der Waals surface area contributed by atoms with Crippen LogP contribution in [0.1, 0.15) is 6.92 Å². The molecule has 0 spiro atoms. The molecule has 1 N–H and O–H groups in total. The first-order valence-electron chi connectivity index (χ1n) is 11.6. The summed E-state index contributed by atoms with van der Waals surface area (Å²) in [7, 11) is 1.61. The molecule has 1 fully saturated rings. The van der Waals surface area contributed by atoms with Crippen LogP contribution in [0.4, 0.5) is 11.5 Å². The first-order chi connectivity index (χ1) is 17.1. The zero-order valence-corrected chi connectivity index (χ0v) is 20.3. The Labute approximate surface area is 206 Å². The van der Waals surface area contributed by atoms with E-state index in [1.54, 1.807) is 24.8 Å². The molecule has 35 heavy (non-hydrogen) atoms. The van der Waals surface area contributed by atoms with Gasteiger partial charge in [0.15, 0.2) is 0 Å². The molecule has 178 valence electrons. The number of benzene rings is 2. The van der Waals surface area contributed by atoms with E-state index in [1.165, 1.54) is 0 Å². The van der Waals surface area contributed by atoms with Gasteiger partial charge in [-0.15, -0.1) is 11.3 Å².